The van der Waals surface area contributed by atoms with E-state index < -0.39 is 0 Å². The summed E-state index contributed by atoms with van der Waals surface area (Å²) in [6.45, 7) is 1.07. The Balaban J connectivity index is 0.000000211. The van der Waals surface area contributed by atoms with Crippen molar-refractivity contribution in [3.05, 3.63) is 65.5 Å². The summed E-state index contributed by atoms with van der Waals surface area (Å²) in [5, 5.41) is 8.24. The van der Waals surface area contributed by atoms with Gasteiger partial charge in [-0.25, -0.2) is 9.97 Å². The zero-order valence-electron chi connectivity index (χ0n) is 24.9. The molecule has 6 rings (SSSR count). The van der Waals surface area contributed by atoms with E-state index in [1.54, 1.807) is 25.2 Å². The van der Waals surface area contributed by atoms with Crippen molar-refractivity contribution < 1.29 is 17.4 Å². The van der Waals surface area contributed by atoms with E-state index in [0.717, 1.165) is 41.4 Å². The monoisotopic (exact) mass is 739 g/mol. The number of rotatable bonds is 7. The molecule has 4 aromatic rings. The first kappa shape index (κ1) is 36.8. The molecule has 0 radical (unpaired) electrons. The van der Waals surface area contributed by atoms with Gasteiger partial charge in [-0.1, -0.05) is 17.7 Å². The number of carbonyl (C=O) groups is 3. The quantitative estimate of drug-likeness (QED) is 0.122. The lowest BCUT2D eigenvalue weighted by molar-refractivity contribution is -0.108. The van der Waals surface area contributed by atoms with Crippen LogP contribution in [0.4, 0.5) is 11.5 Å². The Morgan fingerprint density at radius 3 is 2.43 bits per heavy atom. The molecule has 1 aromatic carbocycles. The normalized spacial score (nSPS) is 17.8. The summed E-state index contributed by atoms with van der Waals surface area (Å²) in [7, 11) is 5.54. The van der Waals surface area contributed by atoms with E-state index in [9.17, 15) is 14.4 Å². The molecule has 44 heavy (non-hydrogen) atoms. The number of aldehydes is 3. The molecular formula is C29H39ClIN9O4. The van der Waals surface area contributed by atoms with Crippen LogP contribution in [0.15, 0.2) is 48.9 Å². The maximum Gasteiger partial charge on any atom is 0.170 e. The number of carbonyl (C=O) groups excluding carboxylic acids is 3. The fourth-order valence-corrected chi connectivity index (χ4v) is 5.58. The van der Waals surface area contributed by atoms with Gasteiger partial charge in [0.25, 0.3) is 0 Å². The van der Waals surface area contributed by atoms with Crippen molar-refractivity contribution in [3.8, 4) is 0 Å². The van der Waals surface area contributed by atoms with Crippen LogP contribution in [0.25, 0.3) is 10.9 Å². The number of hydrogen-bond donors (Lipinski definition) is 4. The third-order valence-electron chi connectivity index (χ3n) is 7.13. The van der Waals surface area contributed by atoms with Gasteiger partial charge < -0.3 is 29.6 Å². The van der Waals surface area contributed by atoms with Crippen LogP contribution in [0.5, 0.6) is 0 Å². The Bertz CT molecular complexity index is 1420. The number of imidazole rings is 1. The number of nitrogens with zero attached hydrogens (tertiary/aromatic N) is 5. The van der Waals surface area contributed by atoms with Gasteiger partial charge in [0.1, 0.15) is 46.0 Å². The SMILES string of the molecule is CN.CN1C2CCC(C2)C1COI.CNc1ccc2c(c1)c(C=O)nn2CC=O.Nc1cccc(Cl)n1.O=Cc1cnc[nH]1. The number of fused-ring (bicyclic) bond motifs is 3. The first-order chi connectivity index (χ1) is 21.3. The summed E-state index contributed by atoms with van der Waals surface area (Å²) in [6, 6.07) is 12.3. The number of anilines is 2. The molecule has 1 saturated heterocycles. The highest BCUT2D eigenvalue weighted by Gasteiger charge is 2.43. The second-order valence-electron chi connectivity index (χ2n) is 9.58. The highest BCUT2D eigenvalue weighted by molar-refractivity contribution is 14.1. The zero-order valence-corrected chi connectivity index (χ0v) is 27.8. The smallest absolute Gasteiger partial charge is 0.170 e. The number of piperidine rings is 1. The van der Waals surface area contributed by atoms with E-state index in [4.69, 9.17) is 20.4 Å². The van der Waals surface area contributed by atoms with Crippen molar-refractivity contribution in [1.82, 2.24) is 29.6 Å². The van der Waals surface area contributed by atoms with E-state index >= 15 is 0 Å². The minimum Gasteiger partial charge on any atom is -0.388 e. The molecule has 6 N–H and O–H groups in total. The Morgan fingerprint density at radius 2 is 1.95 bits per heavy atom. The molecular weight excluding hydrogens is 701 g/mol. The van der Waals surface area contributed by atoms with Gasteiger partial charge in [0, 0.05) is 30.2 Å². The molecule has 1 aliphatic carbocycles. The Kier molecular flexibility index (Phi) is 16.5. The minimum absolute atomic E-state index is 0.156. The predicted molar refractivity (Wildman–Crippen MR) is 181 cm³/mol. The van der Waals surface area contributed by atoms with Gasteiger partial charge in [-0.15, -0.1) is 0 Å². The fourth-order valence-electron chi connectivity index (χ4n) is 5.04. The van der Waals surface area contributed by atoms with Gasteiger partial charge in [0.2, 0.25) is 0 Å². The molecule has 1 aliphatic heterocycles. The number of aromatic nitrogens is 5. The van der Waals surface area contributed by atoms with Crippen LogP contribution in [0, 0.1) is 5.92 Å². The zero-order chi connectivity index (χ0) is 32.5. The fraction of sp³-hybridized carbons (Fsp3) is 0.379. The van der Waals surface area contributed by atoms with E-state index in [1.807, 2.05) is 41.2 Å². The number of pyridine rings is 1. The van der Waals surface area contributed by atoms with E-state index in [1.165, 1.54) is 43.5 Å². The third-order valence-corrected chi connectivity index (χ3v) is 7.70. The summed E-state index contributed by atoms with van der Waals surface area (Å²) < 4.78 is 6.70. The van der Waals surface area contributed by atoms with Crippen LogP contribution in [-0.2, 0) is 14.4 Å². The summed E-state index contributed by atoms with van der Waals surface area (Å²) in [4.78, 5) is 43.6. The summed E-state index contributed by atoms with van der Waals surface area (Å²) in [5.41, 5.74) is 12.3. The van der Waals surface area contributed by atoms with E-state index in [0.29, 0.717) is 41.0 Å². The minimum atomic E-state index is 0.156. The number of halogens is 2. The number of aromatic amines is 1. The molecule has 1 saturated carbocycles. The van der Waals surface area contributed by atoms with Gasteiger partial charge in [-0.2, -0.15) is 5.10 Å². The van der Waals surface area contributed by atoms with Crippen molar-refractivity contribution in [3.63, 3.8) is 0 Å². The first-order valence-corrected chi connectivity index (χ1v) is 15.0. The Morgan fingerprint density at radius 1 is 1.18 bits per heavy atom. The van der Waals surface area contributed by atoms with Crippen LogP contribution in [0.2, 0.25) is 5.15 Å². The van der Waals surface area contributed by atoms with Gasteiger partial charge in [-0.3, -0.25) is 19.2 Å². The number of nitrogen functional groups attached to an aromatic ring is 1. The lowest BCUT2D eigenvalue weighted by Crippen LogP contribution is -2.40. The van der Waals surface area contributed by atoms with Gasteiger partial charge in [-0.05, 0) is 69.6 Å². The molecule has 3 aromatic heterocycles. The van der Waals surface area contributed by atoms with Crippen LogP contribution < -0.4 is 16.8 Å². The van der Waals surface area contributed by atoms with Crippen LogP contribution in [0.1, 0.15) is 40.2 Å². The van der Waals surface area contributed by atoms with Gasteiger partial charge in [0.05, 0.1) is 36.9 Å². The highest BCUT2D eigenvalue weighted by atomic mass is 127. The topological polar surface area (TPSA) is 187 Å². The largest absolute Gasteiger partial charge is 0.388 e. The van der Waals surface area contributed by atoms with E-state index in [-0.39, 0.29) is 6.54 Å². The first-order valence-electron chi connectivity index (χ1n) is 13.8. The molecule has 4 heterocycles. The lowest BCUT2D eigenvalue weighted by atomic mass is 10.0. The summed E-state index contributed by atoms with van der Waals surface area (Å²) in [6.07, 6.45) is 9.36. The highest BCUT2D eigenvalue weighted by Crippen LogP contribution is 2.41. The Labute approximate surface area is 275 Å². The average Bonchev–Trinajstić information content (AvgIpc) is 3.85. The molecule has 15 heteroatoms. The molecule has 0 amide bonds. The second kappa shape index (κ2) is 19.8. The molecule has 13 nitrogen and oxygen atoms in total. The maximum atomic E-state index is 10.9. The number of likely N-dealkylation sites (N-methyl/N-ethyl adjacent to an activating group) is 1. The number of H-pyrrole nitrogens is 1. The summed E-state index contributed by atoms with van der Waals surface area (Å²) in [5.74, 6) is 1.39. The number of nitrogens with two attached hydrogens (primary N) is 2. The molecule has 2 bridgehead atoms. The molecule has 0 spiro atoms. The van der Waals surface area contributed by atoms with Crippen molar-refractivity contribution in [1.29, 1.82) is 0 Å². The maximum absolute atomic E-state index is 10.9. The molecule has 2 fully saturated rings. The number of benzene rings is 1. The summed E-state index contributed by atoms with van der Waals surface area (Å²) >= 11 is 7.46. The van der Waals surface area contributed by atoms with Crippen LogP contribution >= 0.6 is 34.6 Å². The van der Waals surface area contributed by atoms with Crippen LogP contribution in [0.3, 0.4) is 0 Å². The van der Waals surface area contributed by atoms with Crippen molar-refractivity contribution in [2.45, 2.75) is 37.9 Å². The predicted octanol–water partition coefficient (Wildman–Crippen LogP) is 4.04. The number of likely N-dealkylation sites (tertiary alicyclic amines) is 1. The lowest BCUT2D eigenvalue weighted by Gasteiger charge is -2.30. The molecule has 3 atom stereocenters. The number of nitrogens with one attached hydrogen (secondary N) is 2. The second-order valence-corrected chi connectivity index (χ2v) is 10.6. The molecule has 238 valence electrons. The Hall–Kier alpha value is -3.44. The van der Waals surface area contributed by atoms with Crippen molar-refractivity contribution in [2.75, 3.05) is 38.8 Å². The van der Waals surface area contributed by atoms with Gasteiger partial charge in [0.15, 0.2) is 12.6 Å². The van der Waals surface area contributed by atoms with E-state index in [2.05, 4.69) is 43.0 Å². The van der Waals surface area contributed by atoms with Crippen LogP contribution in [-0.4, -0.2) is 88.3 Å². The van der Waals surface area contributed by atoms with Crippen molar-refractivity contribution in [2.24, 2.45) is 11.7 Å². The average molecular weight is 740 g/mol. The molecule has 2 aliphatic rings. The molecule has 3 unspecified atom stereocenters. The number of hydrogen-bond acceptors (Lipinski definition) is 11. The standard InChI is InChI=1S/C11H11N3O2.C8H14INO.C5H5ClN2.C4H4N2O.CH5N/c1-12-8-2-3-11-9(6-8)10(7-16)13-14(11)4-5-15;1-10-7-3-2-6(4-7)8(10)5-11-9;6-4-2-1-3-5(7)8-4;7-2-4-1-5-3-6-4;1-2/h2-3,5-7,12H,4H2,1H3;6-8H,2-5H2,1H3;1-3H,(H2,7,8);1-3H,(H,5,6);2H2,1H3. The van der Waals surface area contributed by atoms with Crippen molar-refractivity contribution >= 4 is 75.9 Å². The third kappa shape index (κ3) is 10.6. The van der Waals surface area contributed by atoms with Gasteiger partial charge >= 0.3 is 0 Å².